The molecule has 0 amide bonds. The molecule has 2 aliphatic heterocycles. The molecule has 0 aliphatic carbocycles. The summed E-state index contributed by atoms with van der Waals surface area (Å²) in [6.07, 6.45) is 0. The number of benzene rings is 2. The van der Waals surface area contributed by atoms with E-state index in [0.717, 1.165) is 5.56 Å². The molecule has 10 nitrogen and oxygen atoms in total. The fraction of sp³-hybridized carbons (Fsp3) is 0.259. The van der Waals surface area contributed by atoms with Gasteiger partial charge in [0.2, 0.25) is 11.8 Å². The Morgan fingerprint density at radius 2 is 1.46 bits per heavy atom. The maximum Gasteiger partial charge on any atom is 0.262 e. The molecular weight excluding hydrogens is 540 g/mol. The second kappa shape index (κ2) is 10.3. The fourth-order valence-electron chi connectivity index (χ4n) is 4.85. The topological polar surface area (TPSA) is 129 Å². The summed E-state index contributed by atoms with van der Waals surface area (Å²) in [5.74, 6) is -0.0421. The van der Waals surface area contributed by atoms with Gasteiger partial charge < -0.3 is 19.7 Å². The van der Waals surface area contributed by atoms with Crippen molar-refractivity contribution >= 4 is 23.5 Å². The van der Waals surface area contributed by atoms with E-state index < -0.39 is 28.8 Å². The highest BCUT2D eigenvalue weighted by molar-refractivity contribution is 7.99. The monoisotopic (exact) mass is 564 g/mol. The Hall–Kier alpha value is -3.90. The highest BCUT2D eigenvalue weighted by Gasteiger charge is 2.35. The van der Waals surface area contributed by atoms with Crippen molar-refractivity contribution in [2.45, 2.75) is 35.9 Å². The number of aromatic hydroxyl groups is 2. The molecule has 0 spiro atoms. The van der Waals surface area contributed by atoms with Crippen molar-refractivity contribution in [2.24, 2.45) is 0 Å². The summed E-state index contributed by atoms with van der Waals surface area (Å²) in [6, 6.07) is 14.7. The predicted molar refractivity (Wildman–Crippen MR) is 146 cm³/mol. The fourth-order valence-corrected chi connectivity index (χ4v) is 6.73. The van der Waals surface area contributed by atoms with E-state index in [4.69, 9.17) is 9.47 Å². The van der Waals surface area contributed by atoms with Gasteiger partial charge in [0.15, 0.2) is 21.8 Å². The van der Waals surface area contributed by atoms with Gasteiger partial charge in [0.05, 0.1) is 24.2 Å². The van der Waals surface area contributed by atoms with Crippen molar-refractivity contribution in [3.63, 3.8) is 0 Å². The Labute approximate surface area is 231 Å². The first-order chi connectivity index (χ1) is 19.0. The van der Waals surface area contributed by atoms with Crippen LogP contribution in [0.3, 0.4) is 0 Å². The molecule has 2 aromatic carbocycles. The minimum atomic E-state index is -1.16. The number of hydrogen-bond donors (Lipinski definition) is 2. The minimum absolute atomic E-state index is 0.110. The number of fused-ring (bicyclic) bond motifs is 2. The molecule has 4 heterocycles. The maximum absolute atomic E-state index is 13.7. The van der Waals surface area contributed by atoms with Gasteiger partial charge in [-0.05, 0) is 23.3 Å². The highest BCUT2D eigenvalue weighted by atomic mass is 32.2. The Kier molecular flexibility index (Phi) is 6.73. The molecule has 0 radical (unpaired) electrons. The van der Waals surface area contributed by atoms with Crippen LogP contribution in [-0.4, -0.2) is 47.9 Å². The van der Waals surface area contributed by atoms with Crippen LogP contribution >= 0.6 is 23.5 Å². The molecule has 12 heteroatoms. The van der Waals surface area contributed by atoms with E-state index in [1.54, 1.807) is 18.2 Å². The van der Waals surface area contributed by atoms with Crippen LogP contribution in [0.1, 0.15) is 28.2 Å². The van der Waals surface area contributed by atoms with E-state index in [2.05, 4.69) is 9.97 Å². The second-order valence-corrected chi connectivity index (χ2v) is 11.1. The average molecular weight is 565 g/mol. The third kappa shape index (κ3) is 4.53. The van der Waals surface area contributed by atoms with Crippen molar-refractivity contribution < 1.29 is 19.7 Å². The Morgan fingerprint density at radius 1 is 0.872 bits per heavy atom. The molecule has 2 N–H and O–H groups in total. The van der Waals surface area contributed by atoms with E-state index in [-0.39, 0.29) is 11.1 Å². The van der Waals surface area contributed by atoms with Gasteiger partial charge in [0, 0.05) is 24.6 Å². The number of nitrogens with zero attached hydrogens (tertiary/aromatic N) is 4. The SMILES string of the molecule is COc1cc(C(c2c(O)nc3n(c2=O)CCS3)c2c(O)nc3n(c2=O)CCS3)ccc1OCc1ccccc1. The minimum Gasteiger partial charge on any atom is -0.493 e. The van der Waals surface area contributed by atoms with Crippen LogP contribution < -0.4 is 20.6 Å². The number of methoxy groups -OCH3 is 1. The highest BCUT2D eigenvalue weighted by Crippen LogP contribution is 2.41. The van der Waals surface area contributed by atoms with Crippen LogP contribution in [0.2, 0.25) is 0 Å². The quantitative estimate of drug-likeness (QED) is 0.323. The van der Waals surface area contributed by atoms with Gasteiger partial charge in [-0.15, -0.1) is 0 Å². The number of thioether (sulfide) groups is 2. The van der Waals surface area contributed by atoms with Crippen molar-refractivity contribution in [2.75, 3.05) is 18.6 Å². The van der Waals surface area contributed by atoms with Crippen LogP contribution in [0.15, 0.2) is 68.4 Å². The van der Waals surface area contributed by atoms with E-state index >= 15 is 0 Å². The predicted octanol–water partition coefficient (Wildman–Crippen LogP) is 3.19. The number of hydrogen-bond acceptors (Lipinski definition) is 10. The molecule has 6 rings (SSSR count). The van der Waals surface area contributed by atoms with Crippen molar-refractivity contribution in [3.05, 3.63) is 91.5 Å². The molecule has 0 fully saturated rings. The molecule has 0 saturated carbocycles. The van der Waals surface area contributed by atoms with Gasteiger partial charge in [-0.1, -0.05) is 59.9 Å². The third-order valence-electron chi connectivity index (χ3n) is 6.73. The van der Waals surface area contributed by atoms with Crippen molar-refractivity contribution in [3.8, 4) is 23.3 Å². The van der Waals surface area contributed by atoms with Crippen LogP contribution in [-0.2, 0) is 19.7 Å². The van der Waals surface area contributed by atoms with Gasteiger partial charge in [-0.25, -0.2) is 0 Å². The Bertz CT molecular complexity index is 1610. The van der Waals surface area contributed by atoms with Crippen LogP contribution in [0.5, 0.6) is 23.3 Å². The van der Waals surface area contributed by atoms with Gasteiger partial charge in [0.25, 0.3) is 11.1 Å². The van der Waals surface area contributed by atoms with E-state index in [1.165, 1.54) is 39.8 Å². The molecule has 2 aromatic heterocycles. The molecule has 0 atom stereocenters. The Morgan fingerprint density at radius 3 is 2.03 bits per heavy atom. The third-order valence-corrected chi connectivity index (χ3v) is 8.64. The smallest absolute Gasteiger partial charge is 0.262 e. The van der Waals surface area contributed by atoms with Gasteiger partial charge >= 0.3 is 0 Å². The lowest BCUT2D eigenvalue weighted by Gasteiger charge is -2.21. The normalized spacial score (nSPS) is 13.9. The maximum atomic E-state index is 13.7. The largest absolute Gasteiger partial charge is 0.493 e. The molecule has 200 valence electrons. The van der Waals surface area contributed by atoms with Crippen LogP contribution in [0.4, 0.5) is 0 Å². The summed E-state index contributed by atoms with van der Waals surface area (Å²) in [6.45, 7) is 1.15. The summed E-state index contributed by atoms with van der Waals surface area (Å²) in [5.41, 5.74) is 0.230. The summed E-state index contributed by atoms with van der Waals surface area (Å²) < 4.78 is 14.6. The zero-order chi connectivity index (χ0) is 27.1. The van der Waals surface area contributed by atoms with Crippen LogP contribution in [0, 0.1) is 0 Å². The lowest BCUT2D eigenvalue weighted by atomic mass is 9.86. The number of ether oxygens (including phenoxy) is 2. The lowest BCUT2D eigenvalue weighted by molar-refractivity contribution is 0.284. The average Bonchev–Trinajstić information content (AvgIpc) is 3.61. The zero-order valence-corrected chi connectivity index (χ0v) is 22.5. The lowest BCUT2D eigenvalue weighted by Crippen LogP contribution is -2.32. The summed E-state index contributed by atoms with van der Waals surface area (Å²) >= 11 is 2.73. The molecule has 4 aromatic rings. The first-order valence-electron chi connectivity index (χ1n) is 12.2. The zero-order valence-electron chi connectivity index (χ0n) is 20.9. The molecule has 39 heavy (non-hydrogen) atoms. The van der Waals surface area contributed by atoms with E-state index in [9.17, 15) is 19.8 Å². The van der Waals surface area contributed by atoms with Crippen molar-refractivity contribution in [1.82, 2.24) is 19.1 Å². The van der Waals surface area contributed by atoms with Gasteiger partial charge in [-0.3, -0.25) is 18.7 Å². The molecule has 2 aliphatic rings. The first-order valence-corrected chi connectivity index (χ1v) is 14.2. The molecular formula is C27H24N4O6S2. The van der Waals surface area contributed by atoms with Gasteiger partial charge in [-0.2, -0.15) is 9.97 Å². The number of rotatable bonds is 7. The van der Waals surface area contributed by atoms with E-state index in [0.29, 0.717) is 58.6 Å². The Balaban J connectivity index is 1.52. The van der Waals surface area contributed by atoms with Crippen LogP contribution in [0.25, 0.3) is 0 Å². The summed E-state index contributed by atoms with van der Waals surface area (Å²) in [5, 5.41) is 22.8. The molecule has 0 unspecified atom stereocenters. The second-order valence-electron chi connectivity index (χ2n) is 8.99. The van der Waals surface area contributed by atoms with E-state index in [1.807, 2.05) is 30.3 Å². The molecule has 0 bridgehead atoms. The molecule has 0 saturated heterocycles. The van der Waals surface area contributed by atoms with Crippen molar-refractivity contribution in [1.29, 1.82) is 0 Å². The standard InChI is InChI=1S/C27H24N4O6S2/c1-36-18-13-16(7-8-17(18)37-14-15-5-3-2-4-6-15)19(20-22(32)28-26-30(24(20)34)9-11-38-26)21-23(33)29-27-31(25(21)35)10-12-39-27/h2-8,13,19,32-33H,9-12,14H2,1H3. The number of aromatic nitrogens is 4. The first kappa shape index (κ1) is 25.4. The summed E-state index contributed by atoms with van der Waals surface area (Å²) in [7, 11) is 1.49. The summed E-state index contributed by atoms with van der Waals surface area (Å²) in [4.78, 5) is 35.9. The van der Waals surface area contributed by atoms with Gasteiger partial charge in [0.1, 0.15) is 6.61 Å².